The van der Waals surface area contributed by atoms with Crippen LogP contribution < -0.4 is 16.0 Å². The van der Waals surface area contributed by atoms with Crippen LogP contribution in [0.15, 0.2) is 12.4 Å². The van der Waals surface area contributed by atoms with Crippen LogP contribution in [0.4, 0.5) is 10.5 Å². The zero-order valence-electron chi connectivity index (χ0n) is 10.5. The monoisotopic (exact) mass is 269 g/mol. The lowest BCUT2D eigenvalue weighted by Gasteiger charge is -2.12. The van der Waals surface area contributed by atoms with Crippen LogP contribution in [0, 0.1) is 0 Å². The third-order valence-electron chi connectivity index (χ3n) is 2.18. The maximum Gasteiger partial charge on any atom is 0.325 e. The summed E-state index contributed by atoms with van der Waals surface area (Å²) in [6.45, 7) is 1.24. The molecule has 19 heavy (non-hydrogen) atoms. The van der Waals surface area contributed by atoms with E-state index < -0.39 is 18.0 Å². The number of nitrogens with zero attached hydrogens (tertiary/aromatic N) is 2. The number of rotatable bonds is 5. The predicted octanol–water partition coefficient (Wildman–Crippen LogP) is -0.776. The second-order valence-corrected chi connectivity index (χ2v) is 3.75. The van der Waals surface area contributed by atoms with Gasteiger partial charge in [-0.15, -0.1) is 0 Å². The third kappa shape index (κ3) is 4.66. The summed E-state index contributed by atoms with van der Waals surface area (Å²) in [6.07, 6.45) is 2.69. The summed E-state index contributed by atoms with van der Waals surface area (Å²) >= 11 is 0. The molecule has 1 aromatic heterocycles. The number of amides is 3. The maximum absolute atomic E-state index is 11.5. The molecule has 4 N–H and O–H groups in total. The Morgan fingerprint density at radius 3 is 2.74 bits per heavy atom. The summed E-state index contributed by atoms with van der Waals surface area (Å²) in [5.74, 6) is -1.36. The highest BCUT2D eigenvalue weighted by Gasteiger charge is 2.14. The zero-order valence-corrected chi connectivity index (χ0v) is 10.5. The van der Waals surface area contributed by atoms with Crippen molar-refractivity contribution in [1.29, 1.82) is 0 Å². The van der Waals surface area contributed by atoms with Gasteiger partial charge in [-0.05, 0) is 6.92 Å². The Balaban J connectivity index is 2.50. The summed E-state index contributed by atoms with van der Waals surface area (Å²) in [7, 11) is 1.47. The van der Waals surface area contributed by atoms with Gasteiger partial charge in [-0.3, -0.25) is 14.3 Å². The smallest absolute Gasteiger partial charge is 0.325 e. The van der Waals surface area contributed by atoms with E-state index in [0.29, 0.717) is 5.69 Å². The van der Waals surface area contributed by atoms with E-state index in [1.807, 2.05) is 0 Å². The molecule has 0 aliphatic carbocycles. The van der Waals surface area contributed by atoms with E-state index in [1.54, 1.807) is 0 Å². The van der Waals surface area contributed by atoms with Gasteiger partial charge in [0.2, 0.25) is 5.91 Å². The Hall–Kier alpha value is -2.58. The van der Waals surface area contributed by atoms with E-state index in [-0.39, 0.29) is 12.5 Å². The molecule has 0 aromatic carbocycles. The van der Waals surface area contributed by atoms with E-state index in [0.717, 1.165) is 0 Å². The highest BCUT2D eigenvalue weighted by atomic mass is 16.4. The number of likely N-dealkylation sites (N-methyl/N-ethyl adjacent to an activating group) is 1. The molecule has 3 amide bonds. The zero-order chi connectivity index (χ0) is 14.4. The molecule has 9 nitrogen and oxygen atoms in total. The fourth-order valence-electron chi connectivity index (χ4n) is 1.30. The molecule has 0 saturated heterocycles. The van der Waals surface area contributed by atoms with Crippen LogP contribution in [0.1, 0.15) is 6.92 Å². The molecular formula is C10H15N5O4. The van der Waals surface area contributed by atoms with Gasteiger partial charge >= 0.3 is 12.0 Å². The van der Waals surface area contributed by atoms with Gasteiger partial charge in [-0.25, -0.2) is 4.79 Å². The molecular weight excluding hydrogens is 254 g/mol. The van der Waals surface area contributed by atoms with Gasteiger partial charge in [0.1, 0.15) is 12.6 Å². The van der Waals surface area contributed by atoms with Crippen molar-refractivity contribution < 1.29 is 19.5 Å². The van der Waals surface area contributed by atoms with E-state index in [9.17, 15) is 14.4 Å². The van der Waals surface area contributed by atoms with Crippen LogP contribution in [-0.2, 0) is 16.1 Å². The first-order valence-corrected chi connectivity index (χ1v) is 5.45. The number of anilines is 1. The molecule has 1 atom stereocenters. The van der Waals surface area contributed by atoms with Gasteiger partial charge < -0.3 is 21.1 Å². The average Bonchev–Trinajstić information content (AvgIpc) is 2.73. The number of nitrogens with one attached hydrogen (secondary N) is 3. The number of carboxylic acid groups (broad SMARTS) is 1. The standard InChI is InChI=1S/C10H15N5O4/c1-6(9(18)11-2)13-10(19)14-7-3-12-15(4-7)5-8(16)17/h3-4,6H,5H2,1-2H3,(H,11,18)(H,16,17)(H2,13,14,19). The van der Waals surface area contributed by atoms with Crippen LogP contribution >= 0.6 is 0 Å². The van der Waals surface area contributed by atoms with E-state index >= 15 is 0 Å². The van der Waals surface area contributed by atoms with E-state index in [2.05, 4.69) is 21.0 Å². The van der Waals surface area contributed by atoms with Crippen molar-refractivity contribution in [3.05, 3.63) is 12.4 Å². The van der Waals surface area contributed by atoms with Gasteiger partial charge in [0.25, 0.3) is 0 Å². The molecule has 0 aliphatic heterocycles. The predicted molar refractivity (Wildman–Crippen MR) is 65.5 cm³/mol. The quantitative estimate of drug-likeness (QED) is 0.558. The number of hydrogen-bond donors (Lipinski definition) is 4. The molecule has 9 heteroatoms. The molecule has 0 saturated carbocycles. The molecule has 104 valence electrons. The molecule has 0 aliphatic rings. The third-order valence-corrected chi connectivity index (χ3v) is 2.18. The van der Waals surface area contributed by atoms with Crippen LogP contribution in [0.25, 0.3) is 0 Å². The highest BCUT2D eigenvalue weighted by molar-refractivity contribution is 5.93. The fourth-order valence-corrected chi connectivity index (χ4v) is 1.30. The van der Waals surface area contributed by atoms with Crippen molar-refractivity contribution in [2.45, 2.75) is 19.5 Å². The van der Waals surface area contributed by atoms with Crippen molar-refractivity contribution in [2.75, 3.05) is 12.4 Å². The normalized spacial score (nSPS) is 11.5. The summed E-state index contributed by atoms with van der Waals surface area (Å²) in [5, 5.41) is 19.6. The lowest BCUT2D eigenvalue weighted by molar-refractivity contribution is -0.137. The van der Waals surface area contributed by atoms with Crippen molar-refractivity contribution in [3.63, 3.8) is 0 Å². The minimum absolute atomic E-state index is 0.294. The first-order chi connectivity index (χ1) is 8.92. The average molecular weight is 269 g/mol. The number of hydrogen-bond acceptors (Lipinski definition) is 4. The molecule has 0 spiro atoms. The Kier molecular flexibility index (Phi) is 4.86. The maximum atomic E-state index is 11.5. The number of carbonyl (C=O) groups is 3. The molecule has 1 heterocycles. The van der Waals surface area contributed by atoms with E-state index in [4.69, 9.17) is 5.11 Å². The topological polar surface area (TPSA) is 125 Å². The molecule has 0 fully saturated rings. The Labute approximate surface area is 109 Å². The Bertz CT molecular complexity index is 484. The first-order valence-electron chi connectivity index (χ1n) is 5.45. The second-order valence-electron chi connectivity index (χ2n) is 3.75. The minimum atomic E-state index is -1.03. The molecule has 0 bridgehead atoms. The van der Waals surface area contributed by atoms with Crippen molar-refractivity contribution in [2.24, 2.45) is 0 Å². The number of aliphatic carboxylic acids is 1. The highest BCUT2D eigenvalue weighted by Crippen LogP contribution is 2.04. The van der Waals surface area contributed by atoms with Crippen LogP contribution in [0.5, 0.6) is 0 Å². The number of carboxylic acids is 1. The largest absolute Gasteiger partial charge is 0.480 e. The van der Waals surface area contributed by atoms with Gasteiger partial charge in [-0.1, -0.05) is 0 Å². The fraction of sp³-hybridized carbons (Fsp3) is 0.400. The molecule has 1 aromatic rings. The van der Waals surface area contributed by atoms with Gasteiger partial charge in [0.15, 0.2) is 0 Å². The van der Waals surface area contributed by atoms with Crippen LogP contribution in [0.3, 0.4) is 0 Å². The Morgan fingerprint density at radius 1 is 1.47 bits per heavy atom. The van der Waals surface area contributed by atoms with Gasteiger partial charge in [-0.2, -0.15) is 5.10 Å². The molecule has 0 radical (unpaired) electrons. The minimum Gasteiger partial charge on any atom is -0.480 e. The summed E-state index contributed by atoms with van der Waals surface area (Å²) in [6, 6.07) is -1.26. The summed E-state index contributed by atoms with van der Waals surface area (Å²) < 4.78 is 1.17. The van der Waals surface area contributed by atoms with Crippen LogP contribution in [0.2, 0.25) is 0 Å². The van der Waals surface area contributed by atoms with Crippen molar-refractivity contribution in [1.82, 2.24) is 20.4 Å². The number of urea groups is 1. The lowest BCUT2D eigenvalue weighted by atomic mass is 10.3. The number of carbonyl (C=O) groups excluding carboxylic acids is 2. The second kappa shape index (κ2) is 6.38. The van der Waals surface area contributed by atoms with E-state index in [1.165, 1.54) is 31.0 Å². The summed E-state index contributed by atoms with van der Waals surface area (Å²) in [4.78, 5) is 33.2. The van der Waals surface area contributed by atoms with Crippen molar-refractivity contribution in [3.8, 4) is 0 Å². The number of aromatic nitrogens is 2. The Morgan fingerprint density at radius 2 is 2.16 bits per heavy atom. The van der Waals surface area contributed by atoms with Gasteiger partial charge in [0.05, 0.1) is 11.9 Å². The molecule has 1 rings (SSSR count). The summed E-state index contributed by atoms with van der Waals surface area (Å²) in [5.41, 5.74) is 0.336. The SMILES string of the molecule is CNC(=O)C(C)NC(=O)Nc1cnn(CC(=O)O)c1. The first kappa shape index (κ1) is 14.5. The van der Waals surface area contributed by atoms with Crippen molar-refractivity contribution >= 4 is 23.6 Å². The van der Waals surface area contributed by atoms with Crippen LogP contribution in [-0.4, -0.2) is 45.9 Å². The van der Waals surface area contributed by atoms with Gasteiger partial charge in [0, 0.05) is 13.2 Å². The lowest BCUT2D eigenvalue weighted by Crippen LogP contribution is -2.45. The molecule has 1 unspecified atom stereocenters.